The number of rotatable bonds is 3. The van der Waals surface area contributed by atoms with Crippen LogP contribution in [0.1, 0.15) is 18.4 Å². The monoisotopic (exact) mass is 231 g/mol. The molecule has 2 heterocycles. The third-order valence-corrected chi connectivity index (χ3v) is 3.13. The molecule has 4 heteroatoms. The number of piperidine rings is 1. The molecule has 0 amide bonds. The van der Waals surface area contributed by atoms with Crippen molar-refractivity contribution >= 4 is 0 Å². The Morgan fingerprint density at radius 1 is 1.65 bits per heavy atom. The summed E-state index contributed by atoms with van der Waals surface area (Å²) in [6.45, 7) is 2.72. The van der Waals surface area contributed by atoms with E-state index in [4.69, 9.17) is 10.00 Å². The van der Waals surface area contributed by atoms with Crippen molar-refractivity contribution in [3.8, 4) is 11.9 Å². The normalized spacial score (nSPS) is 20.8. The van der Waals surface area contributed by atoms with E-state index in [-0.39, 0.29) is 5.92 Å². The van der Waals surface area contributed by atoms with Crippen LogP contribution >= 0.6 is 0 Å². The Morgan fingerprint density at radius 2 is 2.53 bits per heavy atom. The number of hydrogen-bond acceptors (Lipinski definition) is 4. The predicted octanol–water partition coefficient (Wildman–Crippen LogP) is 1.83. The minimum absolute atomic E-state index is 0.173. The van der Waals surface area contributed by atoms with Gasteiger partial charge in [0.15, 0.2) is 0 Å². The van der Waals surface area contributed by atoms with Gasteiger partial charge in [0.05, 0.1) is 19.1 Å². The van der Waals surface area contributed by atoms with Crippen molar-refractivity contribution in [1.82, 2.24) is 9.88 Å². The number of pyridine rings is 1. The fourth-order valence-corrected chi connectivity index (χ4v) is 2.27. The third kappa shape index (κ3) is 2.95. The first-order chi connectivity index (χ1) is 8.33. The SMILES string of the molecule is COc1ncccc1CN1CCCC(C#N)C1. The lowest BCUT2D eigenvalue weighted by molar-refractivity contribution is 0.189. The third-order valence-electron chi connectivity index (χ3n) is 3.13. The van der Waals surface area contributed by atoms with Crippen LogP contribution in [-0.4, -0.2) is 30.1 Å². The number of methoxy groups -OCH3 is 1. The van der Waals surface area contributed by atoms with Gasteiger partial charge in [0, 0.05) is 24.8 Å². The van der Waals surface area contributed by atoms with Gasteiger partial charge in [0.1, 0.15) is 0 Å². The molecule has 1 aromatic rings. The van der Waals surface area contributed by atoms with Crippen LogP contribution in [0.25, 0.3) is 0 Å². The van der Waals surface area contributed by atoms with E-state index in [0.717, 1.165) is 38.0 Å². The Balaban J connectivity index is 2.03. The van der Waals surface area contributed by atoms with E-state index in [0.29, 0.717) is 5.88 Å². The van der Waals surface area contributed by atoms with E-state index in [1.54, 1.807) is 13.3 Å². The molecule has 1 saturated heterocycles. The van der Waals surface area contributed by atoms with Crippen LogP contribution in [-0.2, 0) is 6.54 Å². The first-order valence-corrected chi connectivity index (χ1v) is 5.93. The van der Waals surface area contributed by atoms with Crippen LogP contribution in [0.2, 0.25) is 0 Å². The van der Waals surface area contributed by atoms with E-state index in [2.05, 4.69) is 16.0 Å². The van der Waals surface area contributed by atoms with Crippen LogP contribution in [0.15, 0.2) is 18.3 Å². The molecular formula is C13H17N3O. The summed E-state index contributed by atoms with van der Waals surface area (Å²) in [5, 5.41) is 8.96. The topological polar surface area (TPSA) is 49.1 Å². The summed E-state index contributed by atoms with van der Waals surface area (Å²) in [7, 11) is 1.64. The second kappa shape index (κ2) is 5.65. The molecule has 0 aromatic carbocycles. The Bertz CT molecular complexity index is 413. The predicted molar refractivity (Wildman–Crippen MR) is 64.4 cm³/mol. The minimum Gasteiger partial charge on any atom is -0.481 e. The van der Waals surface area contributed by atoms with Gasteiger partial charge < -0.3 is 4.74 Å². The molecule has 1 aliphatic rings. The van der Waals surface area contributed by atoms with E-state index in [1.165, 1.54) is 0 Å². The second-order valence-electron chi connectivity index (χ2n) is 4.38. The van der Waals surface area contributed by atoms with Gasteiger partial charge in [-0.3, -0.25) is 4.90 Å². The fraction of sp³-hybridized carbons (Fsp3) is 0.538. The first-order valence-electron chi connectivity index (χ1n) is 5.93. The largest absolute Gasteiger partial charge is 0.481 e. The summed E-state index contributed by atoms with van der Waals surface area (Å²) in [4.78, 5) is 6.49. The fourth-order valence-electron chi connectivity index (χ4n) is 2.27. The van der Waals surface area contributed by atoms with E-state index in [1.807, 2.05) is 12.1 Å². The van der Waals surface area contributed by atoms with Crippen molar-refractivity contribution in [1.29, 1.82) is 5.26 Å². The Hall–Kier alpha value is -1.60. The van der Waals surface area contributed by atoms with Gasteiger partial charge in [-0.1, -0.05) is 6.07 Å². The Kier molecular flexibility index (Phi) is 3.94. The molecule has 4 nitrogen and oxygen atoms in total. The summed E-state index contributed by atoms with van der Waals surface area (Å²) in [5.41, 5.74) is 1.09. The molecule has 0 N–H and O–H groups in total. The highest BCUT2D eigenvalue weighted by atomic mass is 16.5. The van der Waals surface area contributed by atoms with Crippen LogP contribution in [0.4, 0.5) is 0 Å². The molecule has 0 bridgehead atoms. The highest BCUT2D eigenvalue weighted by molar-refractivity contribution is 5.25. The number of likely N-dealkylation sites (tertiary alicyclic amines) is 1. The molecule has 0 spiro atoms. The van der Waals surface area contributed by atoms with Crippen molar-refractivity contribution in [3.63, 3.8) is 0 Å². The summed E-state index contributed by atoms with van der Waals surface area (Å²) in [6, 6.07) is 6.31. The van der Waals surface area contributed by atoms with Gasteiger partial charge in [-0.15, -0.1) is 0 Å². The van der Waals surface area contributed by atoms with Gasteiger partial charge in [0.25, 0.3) is 0 Å². The van der Waals surface area contributed by atoms with E-state index in [9.17, 15) is 0 Å². The zero-order chi connectivity index (χ0) is 12.1. The number of aromatic nitrogens is 1. The lowest BCUT2D eigenvalue weighted by Crippen LogP contribution is -2.34. The molecule has 90 valence electrons. The number of ether oxygens (including phenoxy) is 1. The molecule has 1 aromatic heterocycles. The minimum atomic E-state index is 0.173. The summed E-state index contributed by atoms with van der Waals surface area (Å²) in [6.07, 6.45) is 3.86. The number of nitriles is 1. The van der Waals surface area contributed by atoms with E-state index < -0.39 is 0 Å². The van der Waals surface area contributed by atoms with Crippen LogP contribution in [0.5, 0.6) is 5.88 Å². The summed E-state index contributed by atoms with van der Waals surface area (Å²) in [5.74, 6) is 0.859. The Morgan fingerprint density at radius 3 is 3.29 bits per heavy atom. The molecule has 1 aliphatic heterocycles. The molecule has 2 rings (SSSR count). The average Bonchev–Trinajstić information content (AvgIpc) is 2.39. The molecule has 1 atom stereocenters. The molecule has 0 radical (unpaired) electrons. The lowest BCUT2D eigenvalue weighted by atomic mass is 9.99. The first kappa shape index (κ1) is 11.9. The molecule has 1 unspecified atom stereocenters. The maximum atomic E-state index is 8.96. The second-order valence-corrected chi connectivity index (χ2v) is 4.38. The number of hydrogen-bond donors (Lipinski definition) is 0. The smallest absolute Gasteiger partial charge is 0.217 e. The van der Waals surface area contributed by atoms with Crippen LogP contribution < -0.4 is 4.74 Å². The van der Waals surface area contributed by atoms with Crippen molar-refractivity contribution in [2.45, 2.75) is 19.4 Å². The van der Waals surface area contributed by atoms with Gasteiger partial charge in [-0.05, 0) is 25.5 Å². The zero-order valence-corrected chi connectivity index (χ0v) is 10.1. The highest BCUT2D eigenvalue weighted by Crippen LogP contribution is 2.21. The number of nitrogens with zero attached hydrogens (tertiary/aromatic N) is 3. The molecule has 17 heavy (non-hydrogen) atoms. The van der Waals surface area contributed by atoms with Crippen molar-refractivity contribution in [2.24, 2.45) is 5.92 Å². The lowest BCUT2D eigenvalue weighted by Gasteiger charge is -2.29. The standard InChI is InChI=1S/C13H17N3O/c1-17-13-12(5-2-6-15-13)10-16-7-3-4-11(8-14)9-16/h2,5-6,11H,3-4,7,9-10H2,1H3. The van der Waals surface area contributed by atoms with Gasteiger partial charge in [-0.25, -0.2) is 4.98 Å². The van der Waals surface area contributed by atoms with Gasteiger partial charge >= 0.3 is 0 Å². The maximum absolute atomic E-state index is 8.96. The molecular weight excluding hydrogens is 214 g/mol. The Labute approximate surface area is 102 Å². The zero-order valence-electron chi connectivity index (χ0n) is 10.1. The summed E-state index contributed by atoms with van der Waals surface area (Å²) >= 11 is 0. The van der Waals surface area contributed by atoms with Crippen LogP contribution in [0.3, 0.4) is 0 Å². The van der Waals surface area contributed by atoms with Crippen LogP contribution in [0, 0.1) is 17.2 Å². The van der Waals surface area contributed by atoms with E-state index >= 15 is 0 Å². The highest BCUT2D eigenvalue weighted by Gasteiger charge is 2.20. The quantitative estimate of drug-likeness (QED) is 0.796. The van der Waals surface area contributed by atoms with Crippen molar-refractivity contribution in [2.75, 3.05) is 20.2 Å². The van der Waals surface area contributed by atoms with Gasteiger partial charge in [-0.2, -0.15) is 5.26 Å². The summed E-state index contributed by atoms with van der Waals surface area (Å²) < 4.78 is 5.24. The molecule has 0 saturated carbocycles. The van der Waals surface area contributed by atoms with Gasteiger partial charge in [0.2, 0.25) is 5.88 Å². The maximum Gasteiger partial charge on any atom is 0.217 e. The molecule has 1 fully saturated rings. The van der Waals surface area contributed by atoms with Crippen molar-refractivity contribution < 1.29 is 4.74 Å². The average molecular weight is 231 g/mol. The molecule has 0 aliphatic carbocycles. The van der Waals surface area contributed by atoms with Crippen molar-refractivity contribution in [3.05, 3.63) is 23.9 Å².